The number of amides is 1. The number of carbonyl (C=O) groups is 1. The molecule has 1 aliphatic rings. The van der Waals surface area contributed by atoms with E-state index in [1.165, 1.54) is 12.8 Å². The van der Waals surface area contributed by atoms with Crippen molar-refractivity contribution >= 4 is 5.91 Å². The van der Waals surface area contributed by atoms with Gasteiger partial charge in [-0.1, -0.05) is 12.1 Å². The fourth-order valence-corrected chi connectivity index (χ4v) is 2.51. The summed E-state index contributed by atoms with van der Waals surface area (Å²) >= 11 is 0. The number of carbonyl (C=O) groups excluding carboxylic acids is 1. The van der Waals surface area contributed by atoms with Crippen LogP contribution in [0, 0.1) is 12.8 Å². The SMILES string of the molecule is CCCN(CC1CC1)C(=O)c1ccc(-c2nc(C)no2)cc1. The van der Waals surface area contributed by atoms with Gasteiger partial charge in [-0.05, 0) is 56.4 Å². The molecule has 0 bridgehead atoms. The Kier molecular flexibility index (Phi) is 4.22. The van der Waals surface area contributed by atoms with Crippen LogP contribution in [-0.2, 0) is 0 Å². The van der Waals surface area contributed by atoms with E-state index in [9.17, 15) is 4.79 Å². The van der Waals surface area contributed by atoms with Gasteiger partial charge in [-0.25, -0.2) is 0 Å². The zero-order valence-electron chi connectivity index (χ0n) is 13.1. The largest absolute Gasteiger partial charge is 0.338 e. The van der Waals surface area contributed by atoms with E-state index in [4.69, 9.17) is 4.52 Å². The average molecular weight is 299 g/mol. The van der Waals surface area contributed by atoms with Crippen molar-refractivity contribution in [1.82, 2.24) is 15.0 Å². The molecule has 0 aliphatic heterocycles. The van der Waals surface area contributed by atoms with Gasteiger partial charge in [0, 0.05) is 24.2 Å². The Hall–Kier alpha value is -2.17. The van der Waals surface area contributed by atoms with Crippen LogP contribution < -0.4 is 0 Å². The Bertz CT molecular complexity index is 644. The van der Waals surface area contributed by atoms with Gasteiger partial charge in [0.1, 0.15) is 0 Å². The van der Waals surface area contributed by atoms with Crippen LogP contribution in [0.5, 0.6) is 0 Å². The minimum absolute atomic E-state index is 0.113. The highest BCUT2D eigenvalue weighted by atomic mass is 16.5. The number of benzene rings is 1. The first-order valence-electron chi connectivity index (χ1n) is 7.87. The van der Waals surface area contributed by atoms with Crippen molar-refractivity contribution in [3.05, 3.63) is 35.7 Å². The first-order chi connectivity index (χ1) is 10.7. The van der Waals surface area contributed by atoms with Gasteiger partial charge in [0.15, 0.2) is 5.82 Å². The fourth-order valence-electron chi connectivity index (χ4n) is 2.51. The summed E-state index contributed by atoms with van der Waals surface area (Å²) in [5, 5.41) is 3.78. The van der Waals surface area contributed by atoms with E-state index >= 15 is 0 Å². The lowest BCUT2D eigenvalue weighted by atomic mass is 10.1. The Morgan fingerprint density at radius 1 is 1.32 bits per heavy atom. The Balaban J connectivity index is 1.74. The lowest BCUT2D eigenvalue weighted by Crippen LogP contribution is -2.33. The second kappa shape index (κ2) is 6.30. The monoisotopic (exact) mass is 299 g/mol. The highest BCUT2D eigenvalue weighted by Crippen LogP contribution is 2.30. The van der Waals surface area contributed by atoms with E-state index in [0.29, 0.717) is 23.2 Å². The third kappa shape index (κ3) is 3.35. The highest BCUT2D eigenvalue weighted by molar-refractivity contribution is 5.94. The first kappa shape index (κ1) is 14.8. The van der Waals surface area contributed by atoms with E-state index in [0.717, 1.165) is 25.1 Å². The molecule has 0 radical (unpaired) electrons. The molecule has 1 saturated carbocycles. The lowest BCUT2D eigenvalue weighted by Gasteiger charge is -2.22. The van der Waals surface area contributed by atoms with Crippen molar-refractivity contribution in [2.75, 3.05) is 13.1 Å². The molecule has 0 saturated heterocycles. The summed E-state index contributed by atoms with van der Waals surface area (Å²) in [7, 11) is 0. The third-order valence-corrected chi connectivity index (χ3v) is 3.86. The van der Waals surface area contributed by atoms with Gasteiger partial charge in [-0.15, -0.1) is 0 Å². The van der Waals surface area contributed by atoms with Crippen molar-refractivity contribution < 1.29 is 9.32 Å². The highest BCUT2D eigenvalue weighted by Gasteiger charge is 2.26. The maximum Gasteiger partial charge on any atom is 0.257 e. The van der Waals surface area contributed by atoms with E-state index in [2.05, 4.69) is 17.1 Å². The van der Waals surface area contributed by atoms with E-state index in [1.54, 1.807) is 6.92 Å². The van der Waals surface area contributed by atoms with Crippen molar-refractivity contribution in [1.29, 1.82) is 0 Å². The van der Waals surface area contributed by atoms with E-state index in [1.807, 2.05) is 29.2 Å². The molecule has 1 fully saturated rings. The van der Waals surface area contributed by atoms with E-state index in [-0.39, 0.29) is 5.91 Å². The molecule has 0 spiro atoms. The standard InChI is InChI=1S/C17H21N3O2/c1-3-10-20(11-13-4-5-13)17(21)15-8-6-14(7-9-15)16-18-12(2)19-22-16/h6-9,13H,3-5,10-11H2,1-2H3. The second-order valence-electron chi connectivity index (χ2n) is 5.92. The summed E-state index contributed by atoms with van der Waals surface area (Å²) in [6, 6.07) is 7.41. The minimum atomic E-state index is 0.113. The number of nitrogens with zero attached hydrogens (tertiary/aromatic N) is 3. The summed E-state index contributed by atoms with van der Waals surface area (Å²) < 4.78 is 5.14. The zero-order valence-corrected chi connectivity index (χ0v) is 13.1. The normalized spacial score (nSPS) is 14.1. The summed E-state index contributed by atoms with van der Waals surface area (Å²) in [6.45, 7) is 5.59. The van der Waals surface area contributed by atoms with Gasteiger partial charge in [0.2, 0.25) is 0 Å². The third-order valence-electron chi connectivity index (χ3n) is 3.86. The number of hydrogen-bond acceptors (Lipinski definition) is 4. The number of hydrogen-bond donors (Lipinski definition) is 0. The fraction of sp³-hybridized carbons (Fsp3) is 0.471. The zero-order chi connectivity index (χ0) is 15.5. The molecule has 1 aliphatic carbocycles. The summed E-state index contributed by atoms with van der Waals surface area (Å²) in [5.74, 6) is 1.91. The van der Waals surface area contributed by atoms with Crippen LogP contribution in [0.4, 0.5) is 0 Å². The molecule has 0 N–H and O–H groups in total. The van der Waals surface area contributed by atoms with Crippen molar-refractivity contribution in [2.24, 2.45) is 5.92 Å². The molecular weight excluding hydrogens is 278 g/mol. The Labute approximate surface area is 130 Å². The van der Waals surface area contributed by atoms with Crippen LogP contribution in [0.25, 0.3) is 11.5 Å². The van der Waals surface area contributed by atoms with Crippen LogP contribution in [-0.4, -0.2) is 34.0 Å². The Morgan fingerprint density at radius 3 is 2.59 bits per heavy atom. The predicted octanol–water partition coefficient (Wildman–Crippen LogP) is 3.31. The molecule has 0 atom stereocenters. The van der Waals surface area contributed by atoms with Crippen LogP contribution in [0.15, 0.2) is 28.8 Å². The summed E-state index contributed by atoms with van der Waals surface area (Å²) in [4.78, 5) is 18.8. The van der Waals surface area contributed by atoms with Crippen LogP contribution in [0.1, 0.15) is 42.4 Å². The Morgan fingerprint density at radius 2 is 2.05 bits per heavy atom. The van der Waals surface area contributed by atoms with Crippen LogP contribution >= 0.6 is 0 Å². The lowest BCUT2D eigenvalue weighted by molar-refractivity contribution is 0.0747. The van der Waals surface area contributed by atoms with Crippen molar-refractivity contribution in [2.45, 2.75) is 33.1 Å². The molecule has 0 unspecified atom stereocenters. The van der Waals surface area contributed by atoms with Crippen LogP contribution in [0.3, 0.4) is 0 Å². The maximum absolute atomic E-state index is 12.6. The molecule has 2 aromatic rings. The molecule has 1 amide bonds. The molecule has 3 rings (SSSR count). The van der Waals surface area contributed by atoms with Gasteiger partial charge in [0.05, 0.1) is 0 Å². The second-order valence-corrected chi connectivity index (χ2v) is 5.92. The molecule has 5 nitrogen and oxygen atoms in total. The molecule has 116 valence electrons. The molecular formula is C17H21N3O2. The molecule has 1 aromatic carbocycles. The number of aromatic nitrogens is 2. The van der Waals surface area contributed by atoms with Crippen molar-refractivity contribution in [3.63, 3.8) is 0 Å². The van der Waals surface area contributed by atoms with Gasteiger partial charge >= 0.3 is 0 Å². The van der Waals surface area contributed by atoms with Crippen LogP contribution in [0.2, 0.25) is 0 Å². The van der Waals surface area contributed by atoms with Crippen molar-refractivity contribution in [3.8, 4) is 11.5 Å². The maximum atomic E-state index is 12.6. The minimum Gasteiger partial charge on any atom is -0.338 e. The van der Waals surface area contributed by atoms with Gasteiger partial charge < -0.3 is 9.42 Å². The topological polar surface area (TPSA) is 59.2 Å². The predicted molar refractivity (Wildman–Crippen MR) is 83.4 cm³/mol. The summed E-state index contributed by atoms with van der Waals surface area (Å²) in [5.41, 5.74) is 1.55. The first-order valence-corrected chi connectivity index (χ1v) is 7.87. The van der Waals surface area contributed by atoms with Gasteiger partial charge in [-0.3, -0.25) is 4.79 Å². The molecule has 5 heteroatoms. The van der Waals surface area contributed by atoms with E-state index < -0.39 is 0 Å². The molecule has 22 heavy (non-hydrogen) atoms. The quantitative estimate of drug-likeness (QED) is 0.821. The van der Waals surface area contributed by atoms with Gasteiger partial charge in [0.25, 0.3) is 11.8 Å². The smallest absolute Gasteiger partial charge is 0.257 e. The average Bonchev–Trinajstić information content (AvgIpc) is 3.25. The molecule has 1 aromatic heterocycles. The molecule has 1 heterocycles. The number of rotatable bonds is 6. The number of aryl methyl sites for hydroxylation is 1. The summed E-state index contributed by atoms with van der Waals surface area (Å²) in [6.07, 6.45) is 3.49. The van der Waals surface area contributed by atoms with Gasteiger partial charge in [-0.2, -0.15) is 4.98 Å².